The number of aryl methyl sites for hydroxylation is 2. The lowest BCUT2D eigenvalue weighted by Crippen LogP contribution is -2.33. The predicted octanol–water partition coefficient (Wildman–Crippen LogP) is 3.59. The zero-order valence-corrected chi connectivity index (χ0v) is 12.4. The van der Waals surface area contributed by atoms with Crippen molar-refractivity contribution < 1.29 is 0 Å². The Balaban J connectivity index is 1.74. The minimum atomic E-state index is 0.252. The average molecular weight is 265 g/mol. The fraction of sp³-hybridized carbons (Fsp3) is 0.368. The molecule has 0 heterocycles. The molecular formula is C19H23N. The van der Waals surface area contributed by atoms with Crippen LogP contribution in [0.1, 0.15) is 27.8 Å². The summed E-state index contributed by atoms with van der Waals surface area (Å²) in [6.45, 7) is 4.39. The van der Waals surface area contributed by atoms with E-state index in [1.54, 1.807) is 0 Å². The summed E-state index contributed by atoms with van der Waals surface area (Å²) in [6, 6.07) is 15.5. The van der Waals surface area contributed by atoms with Crippen molar-refractivity contribution in [3.8, 4) is 0 Å². The quantitative estimate of drug-likeness (QED) is 0.901. The van der Waals surface area contributed by atoms with Gasteiger partial charge in [0.2, 0.25) is 0 Å². The van der Waals surface area contributed by atoms with Gasteiger partial charge in [-0.1, -0.05) is 42.5 Å². The smallest absolute Gasteiger partial charge is 0.0114 e. The first-order valence-corrected chi connectivity index (χ1v) is 7.52. The summed E-state index contributed by atoms with van der Waals surface area (Å²) in [6.07, 6.45) is 3.28. The van der Waals surface area contributed by atoms with Crippen LogP contribution in [-0.2, 0) is 19.3 Å². The van der Waals surface area contributed by atoms with Gasteiger partial charge < -0.3 is 5.73 Å². The van der Waals surface area contributed by atoms with Crippen LogP contribution in [0.3, 0.4) is 0 Å². The SMILES string of the molecule is Cc1cccc(C)c1CC(N)C1Cc2ccccc2C1. The summed E-state index contributed by atoms with van der Waals surface area (Å²) < 4.78 is 0. The zero-order chi connectivity index (χ0) is 14.1. The number of hydrogen-bond acceptors (Lipinski definition) is 1. The summed E-state index contributed by atoms with van der Waals surface area (Å²) in [4.78, 5) is 0. The molecule has 0 saturated carbocycles. The van der Waals surface area contributed by atoms with E-state index in [1.165, 1.54) is 27.8 Å². The van der Waals surface area contributed by atoms with E-state index in [2.05, 4.69) is 56.3 Å². The highest BCUT2D eigenvalue weighted by Crippen LogP contribution is 2.29. The molecule has 0 aliphatic heterocycles. The first-order valence-electron chi connectivity index (χ1n) is 7.52. The molecule has 1 unspecified atom stereocenters. The highest BCUT2D eigenvalue weighted by Gasteiger charge is 2.26. The van der Waals surface area contributed by atoms with Crippen LogP contribution in [0, 0.1) is 19.8 Å². The van der Waals surface area contributed by atoms with Crippen molar-refractivity contribution >= 4 is 0 Å². The van der Waals surface area contributed by atoms with Crippen LogP contribution in [0.2, 0.25) is 0 Å². The van der Waals surface area contributed by atoms with E-state index >= 15 is 0 Å². The summed E-state index contributed by atoms with van der Waals surface area (Å²) in [7, 11) is 0. The van der Waals surface area contributed by atoms with Gasteiger partial charge in [-0.05, 0) is 66.8 Å². The first-order chi connectivity index (χ1) is 9.65. The summed E-state index contributed by atoms with van der Waals surface area (Å²) >= 11 is 0. The van der Waals surface area contributed by atoms with E-state index in [0.717, 1.165) is 19.3 Å². The molecule has 1 aliphatic carbocycles. The third kappa shape index (κ3) is 2.51. The van der Waals surface area contributed by atoms with Gasteiger partial charge in [0.15, 0.2) is 0 Å². The molecule has 1 nitrogen and oxygen atoms in total. The first kappa shape index (κ1) is 13.4. The van der Waals surface area contributed by atoms with Crippen molar-refractivity contribution in [2.75, 3.05) is 0 Å². The Bertz CT molecular complexity index is 570. The molecule has 2 aromatic rings. The summed E-state index contributed by atoms with van der Waals surface area (Å²) in [5.41, 5.74) is 13.7. The van der Waals surface area contributed by atoms with Crippen molar-refractivity contribution in [3.63, 3.8) is 0 Å². The molecule has 3 rings (SSSR count). The van der Waals surface area contributed by atoms with Crippen LogP contribution >= 0.6 is 0 Å². The molecule has 20 heavy (non-hydrogen) atoms. The fourth-order valence-electron chi connectivity index (χ4n) is 3.47. The standard InChI is InChI=1S/C19H23N/c1-13-6-5-7-14(2)18(13)12-19(20)17-10-15-8-3-4-9-16(15)11-17/h3-9,17,19H,10-12,20H2,1-2H3. The van der Waals surface area contributed by atoms with E-state index in [-0.39, 0.29) is 6.04 Å². The molecule has 0 spiro atoms. The summed E-state index contributed by atoms with van der Waals surface area (Å²) in [5.74, 6) is 0.589. The average Bonchev–Trinajstić information content (AvgIpc) is 2.87. The molecular weight excluding hydrogens is 242 g/mol. The van der Waals surface area contributed by atoms with E-state index in [0.29, 0.717) is 5.92 Å². The molecule has 0 amide bonds. The largest absolute Gasteiger partial charge is 0.327 e. The number of hydrogen-bond donors (Lipinski definition) is 1. The molecule has 0 saturated heterocycles. The Morgan fingerprint density at radius 3 is 2.05 bits per heavy atom. The van der Waals surface area contributed by atoms with Gasteiger partial charge in [-0.15, -0.1) is 0 Å². The topological polar surface area (TPSA) is 26.0 Å². The highest BCUT2D eigenvalue weighted by atomic mass is 14.7. The lowest BCUT2D eigenvalue weighted by atomic mass is 9.88. The maximum absolute atomic E-state index is 6.53. The van der Waals surface area contributed by atoms with E-state index < -0.39 is 0 Å². The van der Waals surface area contributed by atoms with Crippen molar-refractivity contribution in [2.24, 2.45) is 11.7 Å². The molecule has 0 aromatic heterocycles. The number of nitrogens with two attached hydrogens (primary N) is 1. The Hall–Kier alpha value is -1.60. The Morgan fingerprint density at radius 1 is 0.950 bits per heavy atom. The van der Waals surface area contributed by atoms with Gasteiger partial charge in [0.1, 0.15) is 0 Å². The van der Waals surface area contributed by atoms with Crippen LogP contribution < -0.4 is 5.73 Å². The number of rotatable bonds is 3. The lowest BCUT2D eigenvalue weighted by Gasteiger charge is -2.21. The van der Waals surface area contributed by atoms with E-state index in [9.17, 15) is 0 Å². The minimum Gasteiger partial charge on any atom is -0.327 e. The highest BCUT2D eigenvalue weighted by molar-refractivity contribution is 5.36. The third-order valence-corrected chi connectivity index (χ3v) is 4.77. The van der Waals surface area contributed by atoms with Crippen LogP contribution in [-0.4, -0.2) is 6.04 Å². The maximum atomic E-state index is 6.53. The molecule has 104 valence electrons. The zero-order valence-electron chi connectivity index (χ0n) is 12.4. The molecule has 2 aromatic carbocycles. The van der Waals surface area contributed by atoms with Gasteiger partial charge >= 0.3 is 0 Å². The fourth-order valence-corrected chi connectivity index (χ4v) is 3.47. The van der Waals surface area contributed by atoms with Gasteiger partial charge in [-0.3, -0.25) is 0 Å². The second-order valence-electron chi connectivity index (χ2n) is 6.18. The van der Waals surface area contributed by atoms with Gasteiger partial charge in [0, 0.05) is 6.04 Å². The molecule has 1 atom stereocenters. The molecule has 1 heteroatoms. The monoisotopic (exact) mass is 265 g/mol. The Kier molecular flexibility index (Phi) is 3.62. The maximum Gasteiger partial charge on any atom is 0.0114 e. The molecule has 0 fully saturated rings. The third-order valence-electron chi connectivity index (χ3n) is 4.77. The number of benzene rings is 2. The van der Waals surface area contributed by atoms with E-state index in [4.69, 9.17) is 5.73 Å². The molecule has 1 aliphatic rings. The summed E-state index contributed by atoms with van der Waals surface area (Å²) in [5, 5.41) is 0. The van der Waals surface area contributed by atoms with Gasteiger partial charge in [0.05, 0.1) is 0 Å². The molecule has 0 radical (unpaired) electrons. The Labute approximate surface area is 121 Å². The van der Waals surface area contributed by atoms with Gasteiger partial charge in [-0.2, -0.15) is 0 Å². The Morgan fingerprint density at radius 2 is 1.50 bits per heavy atom. The van der Waals surface area contributed by atoms with Crippen LogP contribution in [0.15, 0.2) is 42.5 Å². The minimum absolute atomic E-state index is 0.252. The molecule has 2 N–H and O–H groups in total. The van der Waals surface area contributed by atoms with Crippen LogP contribution in [0.4, 0.5) is 0 Å². The molecule has 0 bridgehead atoms. The normalized spacial score (nSPS) is 16.1. The van der Waals surface area contributed by atoms with Crippen LogP contribution in [0.5, 0.6) is 0 Å². The van der Waals surface area contributed by atoms with Crippen molar-refractivity contribution in [2.45, 2.75) is 39.2 Å². The predicted molar refractivity (Wildman–Crippen MR) is 84.9 cm³/mol. The van der Waals surface area contributed by atoms with Crippen LogP contribution in [0.25, 0.3) is 0 Å². The van der Waals surface area contributed by atoms with Crippen molar-refractivity contribution in [1.82, 2.24) is 0 Å². The van der Waals surface area contributed by atoms with Gasteiger partial charge in [0.25, 0.3) is 0 Å². The van der Waals surface area contributed by atoms with Crippen molar-refractivity contribution in [1.29, 1.82) is 0 Å². The number of fused-ring (bicyclic) bond motifs is 1. The second-order valence-corrected chi connectivity index (χ2v) is 6.18. The second kappa shape index (κ2) is 5.41. The lowest BCUT2D eigenvalue weighted by molar-refractivity contribution is 0.436. The van der Waals surface area contributed by atoms with Crippen molar-refractivity contribution in [3.05, 3.63) is 70.3 Å². The van der Waals surface area contributed by atoms with E-state index in [1.807, 2.05) is 0 Å². The van der Waals surface area contributed by atoms with Gasteiger partial charge in [-0.25, -0.2) is 0 Å².